The zero-order valence-electron chi connectivity index (χ0n) is 12.5. The summed E-state index contributed by atoms with van der Waals surface area (Å²) in [6.07, 6.45) is -4.05. The van der Waals surface area contributed by atoms with Gasteiger partial charge in [0.25, 0.3) is 0 Å². The number of para-hydroxylation sites is 1. The topological polar surface area (TPSA) is 62.4 Å². The van der Waals surface area contributed by atoms with Crippen LogP contribution in [0.25, 0.3) is 22.1 Å². The Kier molecular flexibility index (Phi) is 3.21. The zero-order chi connectivity index (χ0) is 16.9. The molecule has 0 saturated carbocycles. The van der Waals surface area contributed by atoms with Crippen molar-refractivity contribution in [2.75, 3.05) is 18.0 Å². The molecule has 24 heavy (non-hydrogen) atoms. The molecule has 3 heterocycles. The maximum atomic E-state index is 12.9. The molecule has 0 amide bonds. The third-order valence-electron chi connectivity index (χ3n) is 4.56. The molecule has 2 aromatic heterocycles. The van der Waals surface area contributed by atoms with E-state index in [9.17, 15) is 18.3 Å². The van der Waals surface area contributed by atoms with Crippen LogP contribution in [0.1, 0.15) is 12.8 Å². The van der Waals surface area contributed by atoms with E-state index in [1.54, 1.807) is 11.0 Å². The average molecular weight is 337 g/mol. The van der Waals surface area contributed by atoms with Gasteiger partial charge < -0.3 is 14.4 Å². The summed E-state index contributed by atoms with van der Waals surface area (Å²) in [6, 6.07) is 7.38. The summed E-state index contributed by atoms with van der Waals surface area (Å²) in [6.45, 7) is 0.0817. The lowest BCUT2D eigenvalue weighted by atomic mass is 9.91. The lowest BCUT2D eigenvalue weighted by Crippen LogP contribution is -2.53. The monoisotopic (exact) mass is 337 g/mol. The van der Waals surface area contributed by atoms with Crippen molar-refractivity contribution in [2.24, 2.45) is 0 Å². The average Bonchev–Trinajstić information content (AvgIpc) is 2.93. The lowest BCUT2D eigenvalue weighted by molar-refractivity contribution is -0.266. The van der Waals surface area contributed by atoms with Crippen LogP contribution in [0.5, 0.6) is 0 Å². The van der Waals surface area contributed by atoms with Crippen LogP contribution in [0.4, 0.5) is 19.0 Å². The van der Waals surface area contributed by atoms with Gasteiger partial charge in [-0.25, -0.2) is 9.97 Å². The molecule has 1 saturated heterocycles. The second-order valence-corrected chi connectivity index (χ2v) is 5.99. The van der Waals surface area contributed by atoms with E-state index in [4.69, 9.17) is 4.42 Å². The summed E-state index contributed by atoms with van der Waals surface area (Å²) >= 11 is 0. The maximum absolute atomic E-state index is 12.9. The smallest absolute Gasteiger partial charge is 0.417 e. The number of hydrogen-bond donors (Lipinski definition) is 1. The molecule has 8 heteroatoms. The van der Waals surface area contributed by atoms with Crippen molar-refractivity contribution in [3.63, 3.8) is 0 Å². The van der Waals surface area contributed by atoms with Gasteiger partial charge in [-0.3, -0.25) is 0 Å². The Morgan fingerprint density at radius 2 is 1.83 bits per heavy atom. The van der Waals surface area contributed by atoms with Gasteiger partial charge in [0, 0.05) is 31.3 Å². The van der Waals surface area contributed by atoms with E-state index in [2.05, 4.69) is 9.97 Å². The first-order valence-corrected chi connectivity index (χ1v) is 7.55. The second kappa shape index (κ2) is 5.07. The zero-order valence-corrected chi connectivity index (χ0v) is 12.5. The molecule has 5 nitrogen and oxygen atoms in total. The predicted molar refractivity (Wildman–Crippen MR) is 81.8 cm³/mol. The third kappa shape index (κ3) is 2.21. The number of fused-ring (bicyclic) bond motifs is 3. The minimum atomic E-state index is -4.63. The standard InChI is InChI=1S/C16H14F3N3O2/c17-16(18,19)15(23)5-7-22(8-6-15)14-13-12(20-9-21-14)10-3-1-2-4-11(10)24-13/h1-4,9,23H,5-8H2. The summed E-state index contributed by atoms with van der Waals surface area (Å²) in [5, 5.41) is 10.6. The number of alkyl halides is 3. The highest BCUT2D eigenvalue weighted by Crippen LogP contribution is 2.40. The van der Waals surface area contributed by atoms with E-state index in [1.165, 1.54) is 6.33 Å². The van der Waals surface area contributed by atoms with E-state index < -0.39 is 24.6 Å². The minimum Gasteiger partial charge on any atom is -0.450 e. The summed E-state index contributed by atoms with van der Waals surface area (Å²) in [5.41, 5.74) is -0.898. The van der Waals surface area contributed by atoms with Crippen molar-refractivity contribution < 1.29 is 22.7 Å². The Bertz CT molecular complexity index is 898. The Morgan fingerprint density at radius 1 is 1.12 bits per heavy atom. The molecule has 0 spiro atoms. The predicted octanol–water partition coefficient (Wildman–Crippen LogP) is 3.27. The van der Waals surface area contributed by atoms with Gasteiger partial charge in [-0.15, -0.1) is 0 Å². The number of aromatic nitrogens is 2. The molecule has 1 fully saturated rings. The van der Waals surface area contributed by atoms with Crippen molar-refractivity contribution in [1.82, 2.24) is 9.97 Å². The molecule has 1 aromatic carbocycles. The van der Waals surface area contributed by atoms with Crippen LogP contribution < -0.4 is 4.90 Å². The number of piperidine rings is 1. The van der Waals surface area contributed by atoms with Gasteiger partial charge in [-0.05, 0) is 12.1 Å². The van der Waals surface area contributed by atoms with E-state index in [-0.39, 0.29) is 13.1 Å². The largest absolute Gasteiger partial charge is 0.450 e. The van der Waals surface area contributed by atoms with Gasteiger partial charge in [0.2, 0.25) is 0 Å². The highest BCUT2D eigenvalue weighted by Gasteiger charge is 2.54. The van der Waals surface area contributed by atoms with E-state index >= 15 is 0 Å². The first-order valence-electron chi connectivity index (χ1n) is 7.55. The number of nitrogens with zero attached hydrogens (tertiary/aromatic N) is 3. The highest BCUT2D eigenvalue weighted by molar-refractivity contribution is 6.05. The molecule has 1 aliphatic rings. The van der Waals surface area contributed by atoms with Crippen LogP contribution in [-0.4, -0.2) is 39.9 Å². The highest BCUT2D eigenvalue weighted by atomic mass is 19.4. The molecule has 0 bridgehead atoms. The first kappa shape index (κ1) is 15.2. The SMILES string of the molecule is OC1(C(F)(F)F)CCN(c2ncnc3c2oc2ccccc23)CC1. The quantitative estimate of drug-likeness (QED) is 0.738. The van der Waals surface area contributed by atoms with Gasteiger partial charge in [-0.2, -0.15) is 13.2 Å². The number of hydrogen-bond acceptors (Lipinski definition) is 5. The van der Waals surface area contributed by atoms with Crippen molar-refractivity contribution in [3.05, 3.63) is 30.6 Å². The lowest BCUT2D eigenvalue weighted by Gasteiger charge is -2.39. The number of benzene rings is 1. The normalized spacial score (nSPS) is 18.4. The Hall–Kier alpha value is -2.35. The van der Waals surface area contributed by atoms with Crippen molar-refractivity contribution >= 4 is 27.9 Å². The summed E-state index contributed by atoms with van der Waals surface area (Å²) < 4.78 is 44.6. The molecule has 0 atom stereocenters. The minimum absolute atomic E-state index is 0.0408. The Labute approximate surface area is 134 Å². The van der Waals surface area contributed by atoms with E-state index in [1.807, 2.05) is 18.2 Å². The van der Waals surface area contributed by atoms with Crippen LogP contribution in [0.2, 0.25) is 0 Å². The van der Waals surface area contributed by atoms with Gasteiger partial charge in [0.15, 0.2) is 17.0 Å². The third-order valence-corrected chi connectivity index (χ3v) is 4.56. The number of aliphatic hydroxyl groups is 1. The molecule has 0 aliphatic carbocycles. The van der Waals surface area contributed by atoms with Crippen LogP contribution in [0, 0.1) is 0 Å². The van der Waals surface area contributed by atoms with Crippen molar-refractivity contribution in [3.8, 4) is 0 Å². The fourth-order valence-corrected chi connectivity index (χ4v) is 3.11. The molecule has 0 radical (unpaired) electrons. The van der Waals surface area contributed by atoms with Crippen LogP contribution in [-0.2, 0) is 0 Å². The van der Waals surface area contributed by atoms with Crippen LogP contribution in [0.3, 0.4) is 0 Å². The molecule has 0 unspecified atom stereocenters. The molecule has 1 aliphatic heterocycles. The fraction of sp³-hybridized carbons (Fsp3) is 0.375. The number of halogens is 3. The maximum Gasteiger partial charge on any atom is 0.417 e. The van der Waals surface area contributed by atoms with Crippen LogP contribution >= 0.6 is 0 Å². The van der Waals surface area contributed by atoms with Crippen molar-refractivity contribution in [2.45, 2.75) is 24.6 Å². The molecule has 3 aromatic rings. The molecule has 4 rings (SSSR count). The summed E-state index contributed by atoms with van der Waals surface area (Å²) in [5.74, 6) is 0.459. The molecule has 1 N–H and O–H groups in total. The fourth-order valence-electron chi connectivity index (χ4n) is 3.11. The van der Waals surface area contributed by atoms with Gasteiger partial charge >= 0.3 is 6.18 Å². The molecular formula is C16H14F3N3O2. The van der Waals surface area contributed by atoms with Gasteiger partial charge in [0.05, 0.1) is 0 Å². The van der Waals surface area contributed by atoms with Gasteiger partial charge in [0.1, 0.15) is 17.4 Å². The van der Waals surface area contributed by atoms with E-state index in [0.29, 0.717) is 22.5 Å². The van der Waals surface area contributed by atoms with E-state index in [0.717, 1.165) is 5.39 Å². The van der Waals surface area contributed by atoms with Gasteiger partial charge in [-0.1, -0.05) is 12.1 Å². The second-order valence-electron chi connectivity index (χ2n) is 5.99. The first-order chi connectivity index (χ1) is 11.4. The number of rotatable bonds is 1. The molecule has 126 valence electrons. The van der Waals surface area contributed by atoms with Crippen LogP contribution in [0.15, 0.2) is 35.0 Å². The Balaban J connectivity index is 1.71. The number of anilines is 1. The number of furan rings is 1. The van der Waals surface area contributed by atoms with Crippen molar-refractivity contribution in [1.29, 1.82) is 0 Å². The summed E-state index contributed by atoms with van der Waals surface area (Å²) in [4.78, 5) is 10.1. The molecular weight excluding hydrogens is 323 g/mol. The summed E-state index contributed by atoms with van der Waals surface area (Å²) in [7, 11) is 0. The Morgan fingerprint density at radius 3 is 2.54 bits per heavy atom.